The van der Waals surface area contributed by atoms with Gasteiger partial charge < -0.3 is 9.88 Å². The third-order valence-corrected chi connectivity index (χ3v) is 3.24. The first-order chi connectivity index (χ1) is 10.1. The van der Waals surface area contributed by atoms with Crippen LogP contribution in [-0.2, 0) is 11.8 Å². The van der Waals surface area contributed by atoms with Gasteiger partial charge >= 0.3 is 0 Å². The molecule has 21 heavy (non-hydrogen) atoms. The van der Waals surface area contributed by atoms with E-state index >= 15 is 0 Å². The molecule has 1 amide bonds. The van der Waals surface area contributed by atoms with Crippen LogP contribution in [0, 0.1) is 6.92 Å². The molecule has 0 atom stereocenters. The number of nitrogens with one attached hydrogen (secondary N) is 1. The summed E-state index contributed by atoms with van der Waals surface area (Å²) < 4.78 is 6.55. The molecular formula is C15H14N4O2. The molecule has 0 aliphatic rings. The van der Waals surface area contributed by atoms with Gasteiger partial charge in [0, 0.05) is 35.8 Å². The number of carbonyl (C=O) groups is 1. The molecule has 0 aliphatic heterocycles. The van der Waals surface area contributed by atoms with Crippen molar-refractivity contribution in [1.29, 1.82) is 0 Å². The Labute approximate surface area is 121 Å². The number of anilines is 1. The molecule has 1 N–H and O–H groups in total. The van der Waals surface area contributed by atoms with Crippen LogP contribution in [0.1, 0.15) is 11.3 Å². The highest BCUT2D eigenvalue weighted by atomic mass is 16.6. The van der Waals surface area contributed by atoms with Gasteiger partial charge in [0.15, 0.2) is 0 Å². The van der Waals surface area contributed by atoms with Gasteiger partial charge in [-0.15, -0.1) is 0 Å². The number of hydrogen-bond acceptors (Lipinski definition) is 4. The predicted octanol–water partition coefficient (Wildman–Crippen LogP) is 2.52. The van der Waals surface area contributed by atoms with Gasteiger partial charge in [0.2, 0.25) is 11.7 Å². The van der Waals surface area contributed by atoms with Crippen LogP contribution in [0.25, 0.3) is 17.0 Å². The fourth-order valence-corrected chi connectivity index (χ4v) is 2.17. The number of aromatic nitrogens is 3. The maximum atomic E-state index is 11.9. The minimum Gasteiger partial charge on any atom is -0.350 e. The van der Waals surface area contributed by atoms with Crippen molar-refractivity contribution >= 4 is 28.7 Å². The van der Waals surface area contributed by atoms with E-state index in [1.807, 2.05) is 42.1 Å². The highest BCUT2D eigenvalue weighted by Crippen LogP contribution is 2.21. The number of para-hydroxylation sites is 1. The van der Waals surface area contributed by atoms with Gasteiger partial charge in [-0.1, -0.05) is 23.4 Å². The first kappa shape index (κ1) is 13.1. The molecule has 106 valence electrons. The van der Waals surface area contributed by atoms with Gasteiger partial charge in [0.25, 0.3) is 0 Å². The number of nitrogens with zero attached hydrogens (tertiary/aromatic N) is 3. The molecular weight excluding hydrogens is 268 g/mol. The van der Waals surface area contributed by atoms with Gasteiger partial charge in [-0.2, -0.15) is 0 Å². The molecule has 6 nitrogen and oxygen atoms in total. The van der Waals surface area contributed by atoms with Crippen LogP contribution < -0.4 is 5.32 Å². The number of benzene rings is 1. The summed E-state index contributed by atoms with van der Waals surface area (Å²) >= 11 is 0. The molecule has 2 aromatic heterocycles. The van der Waals surface area contributed by atoms with E-state index in [-0.39, 0.29) is 5.91 Å². The van der Waals surface area contributed by atoms with Crippen molar-refractivity contribution in [2.24, 2.45) is 7.05 Å². The summed E-state index contributed by atoms with van der Waals surface area (Å²) in [5.74, 6) is 0.0595. The molecule has 0 spiro atoms. The number of rotatable bonds is 3. The van der Waals surface area contributed by atoms with E-state index in [9.17, 15) is 4.79 Å². The molecule has 0 fully saturated rings. The first-order valence-corrected chi connectivity index (χ1v) is 6.47. The lowest BCUT2D eigenvalue weighted by Crippen LogP contribution is -2.08. The predicted molar refractivity (Wildman–Crippen MR) is 79.6 cm³/mol. The van der Waals surface area contributed by atoms with Gasteiger partial charge in [-0.3, -0.25) is 4.79 Å². The molecule has 0 radical (unpaired) electrons. The summed E-state index contributed by atoms with van der Waals surface area (Å²) in [6.07, 6.45) is 5.23. The molecule has 0 unspecified atom stereocenters. The number of fused-ring (bicyclic) bond motifs is 1. The van der Waals surface area contributed by atoms with Crippen LogP contribution >= 0.6 is 0 Å². The molecule has 0 aliphatic carbocycles. The van der Waals surface area contributed by atoms with E-state index in [2.05, 4.69) is 20.3 Å². The molecule has 3 rings (SSSR count). The number of amides is 1. The minimum atomic E-state index is -0.276. The number of carbonyl (C=O) groups excluding carboxylic acids is 1. The Hall–Kier alpha value is -2.89. The van der Waals surface area contributed by atoms with E-state index in [1.165, 1.54) is 6.08 Å². The van der Waals surface area contributed by atoms with E-state index in [0.717, 1.165) is 16.5 Å². The Morgan fingerprint density at radius 2 is 2.14 bits per heavy atom. The van der Waals surface area contributed by atoms with Crippen LogP contribution in [0.5, 0.6) is 0 Å². The van der Waals surface area contributed by atoms with Crippen molar-refractivity contribution in [1.82, 2.24) is 14.9 Å². The van der Waals surface area contributed by atoms with Crippen molar-refractivity contribution in [2.75, 3.05) is 5.32 Å². The Morgan fingerprint density at radius 1 is 1.33 bits per heavy atom. The van der Waals surface area contributed by atoms with E-state index in [4.69, 9.17) is 0 Å². The second-order valence-corrected chi connectivity index (χ2v) is 4.73. The summed E-state index contributed by atoms with van der Waals surface area (Å²) in [7, 11) is 1.98. The summed E-state index contributed by atoms with van der Waals surface area (Å²) in [6.45, 7) is 1.71. The fraction of sp³-hybridized carbons (Fsp3) is 0.133. The lowest BCUT2D eigenvalue weighted by molar-refractivity contribution is -0.111. The Kier molecular flexibility index (Phi) is 3.27. The quantitative estimate of drug-likeness (QED) is 0.749. The molecule has 0 saturated carbocycles. The molecule has 0 bridgehead atoms. The Balaban J connectivity index is 1.82. The van der Waals surface area contributed by atoms with Gasteiger partial charge in [0.1, 0.15) is 5.69 Å². The zero-order valence-electron chi connectivity index (χ0n) is 11.7. The normalized spacial score (nSPS) is 11.3. The highest BCUT2D eigenvalue weighted by molar-refractivity contribution is 6.03. The second kappa shape index (κ2) is 5.24. The van der Waals surface area contributed by atoms with E-state index in [0.29, 0.717) is 11.5 Å². The average molecular weight is 282 g/mol. The lowest BCUT2D eigenvalue weighted by Gasteiger charge is -1.95. The van der Waals surface area contributed by atoms with E-state index in [1.54, 1.807) is 13.0 Å². The van der Waals surface area contributed by atoms with Gasteiger partial charge in [-0.05, 0) is 24.2 Å². The molecule has 6 heteroatoms. The molecule has 2 heterocycles. The fourth-order valence-electron chi connectivity index (χ4n) is 2.17. The third-order valence-electron chi connectivity index (χ3n) is 3.24. The van der Waals surface area contributed by atoms with Gasteiger partial charge in [-0.25, -0.2) is 4.63 Å². The number of hydrogen-bond donors (Lipinski definition) is 1. The van der Waals surface area contributed by atoms with E-state index < -0.39 is 0 Å². The first-order valence-electron chi connectivity index (χ1n) is 6.47. The summed E-state index contributed by atoms with van der Waals surface area (Å²) in [5.41, 5.74) is 2.65. The largest absolute Gasteiger partial charge is 0.350 e. The van der Waals surface area contributed by atoms with Gasteiger partial charge in [0.05, 0.1) is 0 Å². The molecule has 0 saturated heterocycles. The highest BCUT2D eigenvalue weighted by Gasteiger charge is 2.08. The smallest absolute Gasteiger partial charge is 0.249 e. The monoisotopic (exact) mass is 282 g/mol. The van der Waals surface area contributed by atoms with Crippen molar-refractivity contribution in [3.05, 3.63) is 47.8 Å². The maximum absolute atomic E-state index is 11.9. The topological polar surface area (TPSA) is 73.0 Å². The van der Waals surface area contributed by atoms with Crippen molar-refractivity contribution < 1.29 is 9.42 Å². The van der Waals surface area contributed by atoms with Crippen LogP contribution in [-0.4, -0.2) is 20.8 Å². The summed E-state index contributed by atoms with van der Waals surface area (Å²) in [5, 5.41) is 10.9. The molecule has 3 aromatic rings. The van der Waals surface area contributed by atoms with Crippen LogP contribution in [0.4, 0.5) is 5.82 Å². The Bertz CT molecular complexity index is 829. The third kappa shape index (κ3) is 2.55. The molecule has 1 aromatic carbocycles. The van der Waals surface area contributed by atoms with Crippen molar-refractivity contribution in [2.45, 2.75) is 6.92 Å². The van der Waals surface area contributed by atoms with Crippen LogP contribution in [0.3, 0.4) is 0 Å². The zero-order valence-corrected chi connectivity index (χ0v) is 11.7. The standard InChI is InChI=1S/C15H14N4O2/c1-10-15(18-21-17-10)16-14(20)8-7-11-9-19(2)13-6-4-3-5-12(11)13/h3-9H,1-2H3,(H,16,18,20)/b8-7+. The maximum Gasteiger partial charge on any atom is 0.249 e. The minimum absolute atomic E-state index is 0.276. The van der Waals surface area contributed by atoms with Crippen molar-refractivity contribution in [3.63, 3.8) is 0 Å². The Morgan fingerprint density at radius 3 is 2.90 bits per heavy atom. The van der Waals surface area contributed by atoms with Crippen LogP contribution in [0.15, 0.2) is 41.2 Å². The van der Waals surface area contributed by atoms with Crippen molar-refractivity contribution in [3.8, 4) is 0 Å². The van der Waals surface area contributed by atoms with Crippen LogP contribution in [0.2, 0.25) is 0 Å². The number of aryl methyl sites for hydroxylation is 2. The zero-order chi connectivity index (χ0) is 14.8. The summed E-state index contributed by atoms with van der Waals surface area (Å²) in [4.78, 5) is 11.9. The lowest BCUT2D eigenvalue weighted by atomic mass is 10.1. The summed E-state index contributed by atoms with van der Waals surface area (Å²) in [6, 6.07) is 8.03. The SMILES string of the molecule is Cc1nonc1NC(=O)/C=C/c1cn(C)c2ccccc12. The average Bonchev–Trinajstić information content (AvgIpc) is 3.02. The second-order valence-electron chi connectivity index (χ2n) is 4.73.